The van der Waals surface area contributed by atoms with E-state index in [0.29, 0.717) is 0 Å². The maximum absolute atomic E-state index is 5.98. The van der Waals surface area contributed by atoms with Gasteiger partial charge < -0.3 is 14.6 Å². The van der Waals surface area contributed by atoms with Gasteiger partial charge in [-0.05, 0) is 50.7 Å². The summed E-state index contributed by atoms with van der Waals surface area (Å²) < 4.78 is 5.98. The second-order valence-corrected chi connectivity index (χ2v) is 7.40. The van der Waals surface area contributed by atoms with E-state index in [0.717, 1.165) is 31.7 Å². The van der Waals surface area contributed by atoms with Gasteiger partial charge in [0.25, 0.3) is 0 Å². The standard InChI is InChI=1S/C22H36N2O/c1-4-5-6-7-8-9-10-11-16-25-20-12-13-22-21(17-20)19(18-23-22)14-15-24(2)3/h12-13,17-18,23H,4-11,14-16H2,1-3H3. The number of benzene rings is 1. The summed E-state index contributed by atoms with van der Waals surface area (Å²) in [6.07, 6.45) is 13.9. The molecule has 0 unspecified atom stereocenters. The van der Waals surface area contributed by atoms with Crippen molar-refractivity contribution in [1.82, 2.24) is 9.88 Å². The number of aromatic nitrogens is 1. The minimum absolute atomic E-state index is 0.831. The summed E-state index contributed by atoms with van der Waals surface area (Å²) in [5.74, 6) is 1.00. The number of nitrogens with one attached hydrogen (secondary N) is 1. The zero-order valence-electron chi connectivity index (χ0n) is 16.4. The zero-order valence-corrected chi connectivity index (χ0v) is 16.4. The van der Waals surface area contributed by atoms with Gasteiger partial charge in [-0.15, -0.1) is 0 Å². The molecule has 0 spiro atoms. The van der Waals surface area contributed by atoms with E-state index in [1.807, 2.05) is 0 Å². The maximum atomic E-state index is 5.98. The summed E-state index contributed by atoms with van der Waals surface area (Å²) >= 11 is 0. The summed E-state index contributed by atoms with van der Waals surface area (Å²) in [6, 6.07) is 6.42. The number of ether oxygens (including phenoxy) is 1. The molecule has 0 atom stereocenters. The molecule has 0 bridgehead atoms. The molecule has 1 aromatic carbocycles. The van der Waals surface area contributed by atoms with Gasteiger partial charge in [0.2, 0.25) is 0 Å². The molecule has 0 saturated carbocycles. The fraction of sp³-hybridized carbons (Fsp3) is 0.636. The third-order valence-corrected chi connectivity index (χ3v) is 4.83. The fourth-order valence-corrected chi connectivity index (χ4v) is 3.22. The van der Waals surface area contributed by atoms with E-state index >= 15 is 0 Å². The van der Waals surface area contributed by atoms with Crippen LogP contribution in [0.15, 0.2) is 24.4 Å². The molecule has 140 valence electrons. The van der Waals surface area contributed by atoms with Crippen molar-refractivity contribution in [1.29, 1.82) is 0 Å². The highest BCUT2D eigenvalue weighted by Gasteiger charge is 2.06. The number of hydrogen-bond acceptors (Lipinski definition) is 2. The Bertz CT molecular complexity index is 603. The maximum Gasteiger partial charge on any atom is 0.120 e. The topological polar surface area (TPSA) is 28.3 Å². The highest BCUT2D eigenvalue weighted by Crippen LogP contribution is 2.24. The minimum atomic E-state index is 0.831. The summed E-state index contributed by atoms with van der Waals surface area (Å²) in [6.45, 7) is 4.17. The highest BCUT2D eigenvalue weighted by molar-refractivity contribution is 5.84. The number of aromatic amines is 1. The van der Waals surface area contributed by atoms with Gasteiger partial charge in [-0.2, -0.15) is 0 Å². The van der Waals surface area contributed by atoms with Crippen molar-refractivity contribution in [2.24, 2.45) is 0 Å². The van der Waals surface area contributed by atoms with E-state index in [1.54, 1.807) is 0 Å². The molecule has 0 aliphatic heterocycles. The molecule has 2 aromatic rings. The van der Waals surface area contributed by atoms with Crippen LogP contribution in [0.4, 0.5) is 0 Å². The van der Waals surface area contributed by atoms with Crippen molar-refractivity contribution >= 4 is 10.9 Å². The molecule has 0 amide bonds. The lowest BCUT2D eigenvalue weighted by Gasteiger charge is -2.09. The van der Waals surface area contributed by atoms with Crippen molar-refractivity contribution in [3.05, 3.63) is 30.0 Å². The smallest absolute Gasteiger partial charge is 0.120 e. The van der Waals surface area contributed by atoms with Gasteiger partial charge in [0, 0.05) is 23.6 Å². The van der Waals surface area contributed by atoms with Crippen LogP contribution in [0, 0.1) is 0 Å². The van der Waals surface area contributed by atoms with Gasteiger partial charge in [0.1, 0.15) is 5.75 Å². The highest BCUT2D eigenvalue weighted by atomic mass is 16.5. The lowest BCUT2D eigenvalue weighted by molar-refractivity contribution is 0.304. The van der Waals surface area contributed by atoms with Crippen LogP contribution >= 0.6 is 0 Å². The Kier molecular flexibility index (Phi) is 8.89. The van der Waals surface area contributed by atoms with Gasteiger partial charge in [-0.3, -0.25) is 0 Å². The Morgan fingerprint density at radius 2 is 1.68 bits per heavy atom. The molecular weight excluding hydrogens is 308 g/mol. The van der Waals surface area contributed by atoms with Crippen LogP contribution in [0.2, 0.25) is 0 Å². The number of nitrogens with zero attached hydrogens (tertiary/aromatic N) is 1. The molecule has 1 N–H and O–H groups in total. The Labute approximate surface area is 153 Å². The largest absolute Gasteiger partial charge is 0.494 e. The van der Waals surface area contributed by atoms with E-state index in [1.165, 1.54) is 61.4 Å². The first-order chi connectivity index (χ1) is 12.2. The average molecular weight is 345 g/mol. The molecule has 0 saturated heterocycles. The van der Waals surface area contributed by atoms with Gasteiger partial charge >= 0.3 is 0 Å². The van der Waals surface area contributed by atoms with Crippen LogP contribution in [-0.2, 0) is 6.42 Å². The molecule has 1 aromatic heterocycles. The lowest BCUT2D eigenvalue weighted by Crippen LogP contribution is -2.14. The first kappa shape index (κ1) is 19.8. The second-order valence-electron chi connectivity index (χ2n) is 7.40. The van der Waals surface area contributed by atoms with E-state index in [9.17, 15) is 0 Å². The molecule has 3 heteroatoms. The first-order valence-electron chi connectivity index (χ1n) is 10.1. The van der Waals surface area contributed by atoms with Crippen LogP contribution in [-0.4, -0.2) is 37.1 Å². The van der Waals surface area contributed by atoms with Crippen molar-refractivity contribution in [3.63, 3.8) is 0 Å². The summed E-state index contributed by atoms with van der Waals surface area (Å²) in [5.41, 5.74) is 2.58. The van der Waals surface area contributed by atoms with Crippen LogP contribution in [0.25, 0.3) is 10.9 Å². The Balaban J connectivity index is 1.71. The van der Waals surface area contributed by atoms with Gasteiger partial charge in [-0.1, -0.05) is 51.9 Å². The molecule has 0 aliphatic rings. The van der Waals surface area contributed by atoms with Crippen LogP contribution in [0.3, 0.4) is 0 Å². The van der Waals surface area contributed by atoms with E-state index in [4.69, 9.17) is 4.74 Å². The number of unbranched alkanes of at least 4 members (excludes halogenated alkanes) is 7. The zero-order chi connectivity index (χ0) is 17.9. The molecule has 0 aliphatic carbocycles. The van der Waals surface area contributed by atoms with E-state index < -0.39 is 0 Å². The Hall–Kier alpha value is -1.48. The SMILES string of the molecule is CCCCCCCCCCOc1ccc2[nH]cc(CCN(C)C)c2c1. The predicted octanol–water partition coefficient (Wildman–Crippen LogP) is 5.79. The number of likely N-dealkylation sites (N-methyl/N-ethyl adjacent to an activating group) is 1. The van der Waals surface area contributed by atoms with Crippen molar-refractivity contribution in [2.45, 2.75) is 64.7 Å². The number of fused-ring (bicyclic) bond motifs is 1. The van der Waals surface area contributed by atoms with Gasteiger partial charge in [0.15, 0.2) is 0 Å². The number of rotatable bonds is 13. The molecule has 0 fully saturated rings. The van der Waals surface area contributed by atoms with Crippen LogP contribution in [0.1, 0.15) is 63.9 Å². The minimum Gasteiger partial charge on any atom is -0.494 e. The summed E-state index contributed by atoms with van der Waals surface area (Å²) in [4.78, 5) is 5.59. The third kappa shape index (κ3) is 7.11. The molecular formula is C22H36N2O. The van der Waals surface area contributed by atoms with Gasteiger partial charge in [-0.25, -0.2) is 0 Å². The molecule has 3 nitrogen and oxygen atoms in total. The number of H-pyrrole nitrogens is 1. The normalized spacial score (nSPS) is 11.5. The molecule has 1 heterocycles. The fourth-order valence-electron chi connectivity index (χ4n) is 3.22. The monoisotopic (exact) mass is 344 g/mol. The summed E-state index contributed by atoms with van der Waals surface area (Å²) in [7, 11) is 4.24. The molecule has 25 heavy (non-hydrogen) atoms. The average Bonchev–Trinajstić information content (AvgIpc) is 3.01. The lowest BCUT2D eigenvalue weighted by atomic mass is 10.1. The van der Waals surface area contributed by atoms with Crippen molar-refractivity contribution in [3.8, 4) is 5.75 Å². The predicted molar refractivity (Wildman–Crippen MR) is 109 cm³/mol. The Morgan fingerprint density at radius 3 is 2.40 bits per heavy atom. The summed E-state index contributed by atoms with van der Waals surface area (Å²) in [5, 5.41) is 1.30. The Morgan fingerprint density at radius 1 is 0.960 bits per heavy atom. The van der Waals surface area contributed by atoms with Crippen LogP contribution in [0.5, 0.6) is 5.75 Å². The molecule has 2 rings (SSSR count). The van der Waals surface area contributed by atoms with Crippen molar-refractivity contribution in [2.75, 3.05) is 27.2 Å². The van der Waals surface area contributed by atoms with E-state index in [2.05, 4.69) is 55.3 Å². The second kappa shape index (κ2) is 11.2. The number of hydrogen-bond donors (Lipinski definition) is 1. The van der Waals surface area contributed by atoms with Gasteiger partial charge in [0.05, 0.1) is 6.61 Å². The molecule has 0 radical (unpaired) electrons. The third-order valence-electron chi connectivity index (χ3n) is 4.83. The first-order valence-corrected chi connectivity index (χ1v) is 10.1. The van der Waals surface area contributed by atoms with Crippen molar-refractivity contribution < 1.29 is 4.74 Å². The quantitative estimate of drug-likeness (QED) is 0.466. The van der Waals surface area contributed by atoms with E-state index in [-0.39, 0.29) is 0 Å². The van der Waals surface area contributed by atoms with Crippen LogP contribution < -0.4 is 4.74 Å².